The minimum absolute atomic E-state index is 0.00173. The highest BCUT2D eigenvalue weighted by Gasteiger charge is 2.29. The van der Waals surface area contributed by atoms with Gasteiger partial charge in [-0.25, -0.2) is 4.79 Å². The molecule has 0 aromatic heterocycles. The van der Waals surface area contributed by atoms with Gasteiger partial charge in [0.2, 0.25) is 0 Å². The Hall–Kier alpha value is -1.26. The van der Waals surface area contributed by atoms with Crippen molar-refractivity contribution in [1.82, 2.24) is 10.2 Å². The van der Waals surface area contributed by atoms with Crippen LogP contribution in [-0.4, -0.2) is 35.2 Å². The van der Waals surface area contributed by atoms with E-state index in [1.807, 2.05) is 24.0 Å². The number of carbonyl (C=O) groups excluding carboxylic acids is 1. The summed E-state index contributed by atoms with van der Waals surface area (Å²) in [6.45, 7) is 3.27. The topological polar surface area (TPSA) is 52.6 Å². The zero-order valence-corrected chi connectivity index (χ0v) is 13.6. The highest BCUT2D eigenvalue weighted by atomic mass is 35.5. The summed E-state index contributed by atoms with van der Waals surface area (Å²) in [7, 11) is 0. The lowest BCUT2D eigenvalue weighted by Crippen LogP contribution is -2.46. The average Bonchev–Trinajstić information content (AvgIpc) is 2.92. The number of aliphatic hydroxyl groups excluding tert-OH is 1. The predicted octanol–water partition coefficient (Wildman–Crippen LogP) is 3.13. The van der Waals surface area contributed by atoms with Crippen LogP contribution in [0.2, 0.25) is 5.02 Å². The van der Waals surface area contributed by atoms with E-state index in [0.29, 0.717) is 5.92 Å². The second-order valence-electron chi connectivity index (χ2n) is 6.41. The number of rotatable bonds is 2. The minimum Gasteiger partial charge on any atom is -0.393 e. The lowest BCUT2D eigenvalue weighted by Gasteiger charge is -2.34. The molecule has 5 heteroatoms. The summed E-state index contributed by atoms with van der Waals surface area (Å²) in [4.78, 5) is 14.3. The first-order valence-electron chi connectivity index (χ1n) is 8.07. The van der Waals surface area contributed by atoms with Crippen LogP contribution in [0.15, 0.2) is 18.2 Å². The number of amides is 2. The molecule has 1 aliphatic heterocycles. The SMILES string of the molecule is CC(O)C1CCN(C(=O)NC2CCc3c(Cl)cccc32)CC1. The Labute approximate surface area is 136 Å². The van der Waals surface area contributed by atoms with E-state index in [4.69, 9.17) is 11.6 Å². The lowest BCUT2D eigenvalue weighted by molar-refractivity contribution is 0.0793. The van der Waals surface area contributed by atoms with Crippen LogP contribution in [0.1, 0.15) is 43.4 Å². The molecule has 0 radical (unpaired) electrons. The molecule has 22 heavy (non-hydrogen) atoms. The van der Waals surface area contributed by atoms with Gasteiger partial charge in [0, 0.05) is 18.1 Å². The molecule has 1 heterocycles. The number of aliphatic hydroxyl groups is 1. The fraction of sp³-hybridized carbons (Fsp3) is 0.588. The van der Waals surface area contributed by atoms with E-state index in [1.54, 1.807) is 0 Å². The van der Waals surface area contributed by atoms with Crippen LogP contribution in [0.3, 0.4) is 0 Å². The van der Waals surface area contributed by atoms with Crippen molar-refractivity contribution in [2.75, 3.05) is 13.1 Å². The first-order chi connectivity index (χ1) is 10.6. The minimum atomic E-state index is -0.283. The number of hydrogen-bond acceptors (Lipinski definition) is 2. The Morgan fingerprint density at radius 1 is 1.36 bits per heavy atom. The molecule has 2 amide bonds. The van der Waals surface area contributed by atoms with E-state index in [2.05, 4.69) is 11.4 Å². The molecule has 1 aliphatic carbocycles. The number of urea groups is 1. The number of likely N-dealkylation sites (tertiary alicyclic amines) is 1. The number of piperidine rings is 1. The number of nitrogens with zero attached hydrogens (tertiary/aromatic N) is 1. The number of benzene rings is 1. The third-order valence-corrected chi connectivity index (χ3v) is 5.37. The summed E-state index contributed by atoms with van der Waals surface area (Å²) < 4.78 is 0. The van der Waals surface area contributed by atoms with Crippen molar-refractivity contribution in [2.45, 2.75) is 44.8 Å². The fourth-order valence-electron chi connectivity index (χ4n) is 3.58. The molecule has 3 rings (SSSR count). The largest absolute Gasteiger partial charge is 0.393 e. The maximum absolute atomic E-state index is 12.4. The van der Waals surface area contributed by atoms with Crippen LogP contribution in [0.4, 0.5) is 4.79 Å². The van der Waals surface area contributed by atoms with Gasteiger partial charge in [-0.05, 0) is 55.7 Å². The van der Waals surface area contributed by atoms with Gasteiger partial charge in [0.05, 0.1) is 12.1 Å². The highest BCUT2D eigenvalue weighted by molar-refractivity contribution is 6.31. The third kappa shape index (κ3) is 3.08. The van der Waals surface area contributed by atoms with E-state index >= 15 is 0 Å². The molecule has 2 unspecified atom stereocenters. The van der Waals surface area contributed by atoms with Gasteiger partial charge < -0.3 is 15.3 Å². The molecular weight excluding hydrogens is 300 g/mol. The molecule has 1 fully saturated rings. The first kappa shape index (κ1) is 15.6. The Balaban J connectivity index is 1.59. The average molecular weight is 323 g/mol. The molecule has 2 atom stereocenters. The summed E-state index contributed by atoms with van der Waals surface area (Å²) in [5.41, 5.74) is 2.32. The zero-order valence-electron chi connectivity index (χ0n) is 12.9. The van der Waals surface area contributed by atoms with Crippen molar-refractivity contribution in [3.63, 3.8) is 0 Å². The van der Waals surface area contributed by atoms with Crippen LogP contribution < -0.4 is 5.32 Å². The number of nitrogens with one attached hydrogen (secondary N) is 1. The number of halogens is 1. The second kappa shape index (κ2) is 6.47. The van der Waals surface area contributed by atoms with Crippen LogP contribution in [0, 0.1) is 5.92 Å². The van der Waals surface area contributed by atoms with Gasteiger partial charge in [-0.15, -0.1) is 0 Å². The van der Waals surface area contributed by atoms with Crippen molar-refractivity contribution >= 4 is 17.6 Å². The van der Waals surface area contributed by atoms with Crippen molar-refractivity contribution in [3.8, 4) is 0 Å². The van der Waals surface area contributed by atoms with Gasteiger partial charge in [0.15, 0.2) is 0 Å². The maximum atomic E-state index is 12.4. The summed E-state index contributed by atoms with van der Waals surface area (Å²) in [5.74, 6) is 0.315. The lowest BCUT2D eigenvalue weighted by atomic mass is 9.92. The van der Waals surface area contributed by atoms with Gasteiger partial charge in [0.1, 0.15) is 0 Å². The van der Waals surface area contributed by atoms with Crippen molar-refractivity contribution in [1.29, 1.82) is 0 Å². The first-order valence-corrected chi connectivity index (χ1v) is 8.45. The molecule has 1 saturated heterocycles. The quantitative estimate of drug-likeness (QED) is 0.879. The Bertz CT molecular complexity index is 554. The van der Waals surface area contributed by atoms with E-state index in [0.717, 1.165) is 49.4 Å². The molecule has 0 bridgehead atoms. The summed E-state index contributed by atoms with van der Waals surface area (Å²) in [6, 6.07) is 5.97. The van der Waals surface area contributed by atoms with Crippen molar-refractivity contribution < 1.29 is 9.90 Å². The number of hydrogen-bond donors (Lipinski definition) is 2. The molecule has 0 spiro atoms. The molecular formula is C17H23ClN2O2. The Morgan fingerprint density at radius 2 is 2.09 bits per heavy atom. The normalized spacial score (nSPS) is 23.2. The van der Waals surface area contributed by atoms with Gasteiger partial charge >= 0.3 is 6.03 Å². The Kier molecular flexibility index (Phi) is 4.59. The van der Waals surface area contributed by atoms with Gasteiger partial charge in [-0.1, -0.05) is 23.7 Å². The van der Waals surface area contributed by atoms with E-state index in [1.165, 1.54) is 5.56 Å². The summed E-state index contributed by atoms with van der Waals surface area (Å²) in [6.07, 6.45) is 3.30. The third-order valence-electron chi connectivity index (χ3n) is 5.02. The van der Waals surface area contributed by atoms with Gasteiger partial charge in [-0.2, -0.15) is 0 Å². The van der Waals surface area contributed by atoms with Gasteiger partial charge in [-0.3, -0.25) is 0 Å². The van der Waals surface area contributed by atoms with Crippen LogP contribution >= 0.6 is 11.6 Å². The molecule has 2 N–H and O–H groups in total. The fourth-order valence-corrected chi connectivity index (χ4v) is 3.86. The van der Waals surface area contributed by atoms with Crippen molar-refractivity contribution in [3.05, 3.63) is 34.3 Å². The summed E-state index contributed by atoms with van der Waals surface area (Å²) in [5, 5.41) is 13.6. The maximum Gasteiger partial charge on any atom is 0.317 e. The molecule has 0 saturated carbocycles. The molecule has 4 nitrogen and oxygen atoms in total. The van der Waals surface area contributed by atoms with Gasteiger partial charge in [0.25, 0.3) is 0 Å². The number of fused-ring (bicyclic) bond motifs is 1. The molecule has 2 aliphatic rings. The van der Waals surface area contributed by atoms with E-state index in [-0.39, 0.29) is 18.2 Å². The van der Waals surface area contributed by atoms with E-state index < -0.39 is 0 Å². The molecule has 120 valence electrons. The predicted molar refractivity (Wildman–Crippen MR) is 87.0 cm³/mol. The van der Waals surface area contributed by atoms with Crippen LogP contribution in [0.5, 0.6) is 0 Å². The second-order valence-corrected chi connectivity index (χ2v) is 6.82. The van der Waals surface area contributed by atoms with Crippen LogP contribution in [0.25, 0.3) is 0 Å². The number of carbonyl (C=O) groups is 1. The van der Waals surface area contributed by atoms with E-state index in [9.17, 15) is 9.90 Å². The van der Waals surface area contributed by atoms with Crippen LogP contribution in [-0.2, 0) is 6.42 Å². The van der Waals surface area contributed by atoms with Crippen molar-refractivity contribution in [2.24, 2.45) is 5.92 Å². The Morgan fingerprint density at radius 3 is 2.77 bits per heavy atom. The zero-order chi connectivity index (χ0) is 15.7. The summed E-state index contributed by atoms with van der Waals surface area (Å²) >= 11 is 6.22. The molecule has 1 aromatic rings. The smallest absolute Gasteiger partial charge is 0.317 e. The standard InChI is InChI=1S/C17H23ClN2O2/c1-11(21)12-7-9-20(10-8-12)17(22)19-16-6-5-13-14(16)3-2-4-15(13)18/h2-4,11-12,16,21H,5-10H2,1H3,(H,19,22). The monoisotopic (exact) mass is 322 g/mol. The molecule has 1 aromatic carbocycles. The highest BCUT2D eigenvalue weighted by Crippen LogP contribution is 2.35.